The molecule has 0 bridgehead atoms. The number of amides is 2. The number of carbonyl (C=O) groups is 2. The van der Waals surface area contributed by atoms with E-state index in [0.29, 0.717) is 23.1 Å². The predicted octanol–water partition coefficient (Wildman–Crippen LogP) is 2.63. The average molecular weight is 372 g/mol. The largest absolute Gasteiger partial charge is 0.353 e. The summed E-state index contributed by atoms with van der Waals surface area (Å²) in [6.07, 6.45) is 0. The van der Waals surface area contributed by atoms with E-state index < -0.39 is 0 Å². The molecule has 5 nitrogen and oxygen atoms in total. The number of nitrogens with one attached hydrogen (secondary N) is 2. The van der Waals surface area contributed by atoms with Crippen LogP contribution in [0.4, 0.5) is 0 Å². The van der Waals surface area contributed by atoms with E-state index in [0.717, 1.165) is 5.56 Å². The van der Waals surface area contributed by atoms with Crippen LogP contribution in [0.2, 0.25) is 10.0 Å². The Hall–Kier alpha value is -1.30. The van der Waals surface area contributed by atoms with Crippen molar-refractivity contribution in [3.63, 3.8) is 0 Å². The molecule has 2 atom stereocenters. The molecule has 0 aliphatic carbocycles. The lowest BCUT2D eigenvalue weighted by Crippen LogP contribution is -2.59. The Kier molecular flexibility index (Phi) is 6.49. The smallest absolute Gasteiger partial charge is 0.237 e. The molecule has 1 aromatic rings. The molecule has 1 aliphatic rings. The highest BCUT2D eigenvalue weighted by Gasteiger charge is 2.33. The summed E-state index contributed by atoms with van der Waals surface area (Å²) in [7, 11) is 0. The van der Waals surface area contributed by atoms with Gasteiger partial charge in [-0.2, -0.15) is 0 Å². The highest BCUT2D eigenvalue weighted by molar-refractivity contribution is 6.35. The van der Waals surface area contributed by atoms with Crippen molar-refractivity contribution in [1.29, 1.82) is 0 Å². The van der Waals surface area contributed by atoms with Crippen LogP contribution in [-0.4, -0.2) is 42.4 Å². The fourth-order valence-electron chi connectivity index (χ4n) is 3.04. The monoisotopic (exact) mass is 371 g/mol. The van der Waals surface area contributed by atoms with Gasteiger partial charge in [-0.15, -0.1) is 0 Å². The zero-order valence-electron chi connectivity index (χ0n) is 14.1. The Morgan fingerprint density at radius 3 is 2.71 bits per heavy atom. The molecule has 24 heavy (non-hydrogen) atoms. The first-order valence-electron chi connectivity index (χ1n) is 8.05. The molecule has 2 N–H and O–H groups in total. The van der Waals surface area contributed by atoms with Crippen LogP contribution in [0.5, 0.6) is 0 Å². The molecule has 1 heterocycles. The molecule has 0 aromatic heterocycles. The number of benzene rings is 1. The SMILES string of the molecule is CC(NC(=O)CN1CCNC(=O)C1C(C)C)c1ccc(Cl)cc1Cl. The summed E-state index contributed by atoms with van der Waals surface area (Å²) in [5.74, 6) is -0.00653. The van der Waals surface area contributed by atoms with Crippen LogP contribution in [-0.2, 0) is 9.59 Å². The van der Waals surface area contributed by atoms with Crippen molar-refractivity contribution in [3.8, 4) is 0 Å². The third kappa shape index (κ3) is 4.62. The van der Waals surface area contributed by atoms with Gasteiger partial charge in [-0.05, 0) is 30.5 Å². The second-order valence-electron chi connectivity index (χ2n) is 6.41. The van der Waals surface area contributed by atoms with Crippen LogP contribution in [0.3, 0.4) is 0 Å². The minimum atomic E-state index is -0.279. The Morgan fingerprint density at radius 1 is 1.38 bits per heavy atom. The molecule has 0 radical (unpaired) electrons. The number of hydrogen-bond donors (Lipinski definition) is 2. The lowest BCUT2D eigenvalue weighted by molar-refractivity contribution is -0.133. The van der Waals surface area contributed by atoms with Gasteiger partial charge in [0.25, 0.3) is 0 Å². The lowest BCUT2D eigenvalue weighted by atomic mass is 9.99. The van der Waals surface area contributed by atoms with Gasteiger partial charge in [0, 0.05) is 23.1 Å². The van der Waals surface area contributed by atoms with Crippen LogP contribution in [0, 0.1) is 5.92 Å². The standard InChI is InChI=1S/C17H23Cl2N3O2/c1-10(2)16-17(24)20-6-7-22(16)9-15(23)21-11(3)13-5-4-12(18)8-14(13)19/h4-5,8,10-11,16H,6-7,9H2,1-3H3,(H,20,24)(H,21,23). The third-order valence-corrected chi connectivity index (χ3v) is 4.71. The van der Waals surface area contributed by atoms with Gasteiger partial charge >= 0.3 is 0 Å². The quantitative estimate of drug-likeness (QED) is 0.836. The van der Waals surface area contributed by atoms with Crippen LogP contribution >= 0.6 is 23.2 Å². The van der Waals surface area contributed by atoms with Gasteiger partial charge in [0.1, 0.15) is 0 Å². The van der Waals surface area contributed by atoms with Crippen molar-refractivity contribution >= 4 is 35.0 Å². The molecule has 1 aliphatic heterocycles. The maximum atomic E-state index is 12.4. The minimum absolute atomic E-state index is 0.0159. The van der Waals surface area contributed by atoms with E-state index in [4.69, 9.17) is 23.2 Å². The molecular formula is C17H23Cl2N3O2. The van der Waals surface area contributed by atoms with Crippen LogP contribution in [0.1, 0.15) is 32.4 Å². The molecule has 2 rings (SSSR count). The summed E-state index contributed by atoms with van der Waals surface area (Å²) in [5, 5.41) is 6.87. The van der Waals surface area contributed by atoms with Crippen LogP contribution in [0.25, 0.3) is 0 Å². The van der Waals surface area contributed by atoms with Gasteiger partial charge in [-0.3, -0.25) is 14.5 Å². The number of carbonyl (C=O) groups excluding carboxylic acids is 2. The zero-order valence-corrected chi connectivity index (χ0v) is 15.6. The molecule has 2 unspecified atom stereocenters. The van der Waals surface area contributed by atoms with Gasteiger partial charge in [0.05, 0.1) is 18.6 Å². The summed E-state index contributed by atoms with van der Waals surface area (Å²) in [5.41, 5.74) is 0.811. The van der Waals surface area contributed by atoms with Gasteiger partial charge in [-0.1, -0.05) is 43.1 Å². The number of hydrogen-bond acceptors (Lipinski definition) is 3. The molecule has 132 valence electrons. The first-order valence-corrected chi connectivity index (χ1v) is 8.81. The molecule has 0 spiro atoms. The lowest BCUT2D eigenvalue weighted by Gasteiger charge is -2.36. The Labute approximate surface area is 152 Å². The van der Waals surface area contributed by atoms with E-state index in [2.05, 4.69) is 10.6 Å². The minimum Gasteiger partial charge on any atom is -0.353 e. The van der Waals surface area contributed by atoms with Crippen molar-refractivity contribution in [1.82, 2.24) is 15.5 Å². The maximum absolute atomic E-state index is 12.4. The summed E-state index contributed by atoms with van der Waals surface area (Å²) >= 11 is 12.1. The van der Waals surface area contributed by atoms with Gasteiger partial charge in [0.15, 0.2) is 0 Å². The Balaban J connectivity index is 2.00. The topological polar surface area (TPSA) is 61.4 Å². The third-order valence-electron chi connectivity index (χ3n) is 4.14. The van der Waals surface area contributed by atoms with E-state index in [1.807, 2.05) is 25.7 Å². The highest BCUT2D eigenvalue weighted by Crippen LogP contribution is 2.26. The molecule has 7 heteroatoms. The van der Waals surface area contributed by atoms with E-state index >= 15 is 0 Å². The number of halogens is 2. The first-order chi connectivity index (χ1) is 11.3. The van der Waals surface area contributed by atoms with Crippen molar-refractivity contribution in [2.75, 3.05) is 19.6 Å². The predicted molar refractivity (Wildman–Crippen MR) is 96.2 cm³/mol. The van der Waals surface area contributed by atoms with Gasteiger partial charge in [0.2, 0.25) is 11.8 Å². The summed E-state index contributed by atoms with van der Waals surface area (Å²) in [6, 6.07) is 4.69. The normalized spacial score (nSPS) is 19.9. The number of piperazine rings is 1. The summed E-state index contributed by atoms with van der Waals surface area (Å²) in [4.78, 5) is 26.4. The fourth-order valence-corrected chi connectivity index (χ4v) is 3.61. The van der Waals surface area contributed by atoms with Crippen molar-refractivity contribution in [2.24, 2.45) is 5.92 Å². The van der Waals surface area contributed by atoms with Crippen LogP contribution in [0.15, 0.2) is 18.2 Å². The van der Waals surface area contributed by atoms with E-state index in [-0.39, 0.29) is 36.4 Å². The molecular weight excluding hydrogens is 349 g/mol. The molecule has 1 saturated heterocycles. The molecule has 1 aromatic carbocycles. The van der Waals surface area contributed by atoms with E-state index in [1.54, 1.807) is 18.2 Å². The van der Waals surface area contributed by atoms with Crippen LogP contribution < -0.4 is 10.6 Å². The van der Waals surface area contributed by atoms with E-state index in [9.17, 15) is 9.59 Å². The maximum Gasteiger partial charge on any atom is 0.237 e. The second-order valence-corrected chi connectivity index (χ2v) is 7.25. The highest BCUT2D eigenvalue weighted by atomic mass is 35.5. The van der Waals surface area contributed by atoms with Gasteiger partial charge < -0.3 is 10.6 Å². The first kappa shape index (κ1) is 19.0. The van der Waals surface area contributed by atoms with Gasteiger partial charge in [-0.25, -0.2) is 0 Å². The summed E-state index contributed by atoms with van der Waals surface area (Å²) < 4.78 is 0. The molecule has 1 fully saturated rings. The summed E-state index contributed by atoms with van der Waals surface area (Å²) in [6.45, 7) is 7.25. The van der Waals surface area contributed by atoms with E-state index in [1.165, 1.54) is 0 Å². The Morgan fingerprint density at radius 2 is 2.08 bits per heavy atom. The zero-order chi connectivity index (χ0) is 17.9. The van der Waals surface area contributed by atoms with Crippen molar-refractivity contribution < 1.29 is 9.59 Å². The average Bonchev–Trinajstić information content (AvgIpc) is 2.46. The van der Waals surface area contributed by atoms with Crippen molar-refractivity contribution in [2.45, 2.75) is 32.9 Å². The fraction of sp³-hybridized carbons (Fsp3) is 0.529. The number of rotatable bonds is 5. The molecule has 2 amide bonds. The molecule has 0 saturated carbocycles. The Bertz CT molecular complexity index is 622. The van der Waals surface area contributed by atoms with Crippen molar-refractivity contribution in [3.05, 3.63) is 33.8 Å². The second kappa shape index (κ2) is 8.19. The number of nitrogens with zero attached hydrogens (tertiary/aromatic N) is 1.